The molecule has 7 nitrogen and oxygen atoms in total. The summed E-state index contributed by atoms with van der Waals surface area (Å²) in [6.45, 7) is 3.65. The van der Waals surface area contributed by atoms with E-state index >= 15 is 0 Å². The average Bonchev–Trinajstić information content (AvgIpc) is 3.58. The Balaban J connectivity index is 1.25. The van der Waals surface area contributed by atoms with E-state index in [1.165, 1.54) is 5.56 Å². The maximum atomic E-state index is 7.51. The number of aryl methyl sites for hydroxylation is 1. The van der Waals surface area contributed by atoms with E-state index in [9.17, 15) is 0 Å². The van der Waals surface area contributed by atoms with Crippen molar-refractivity contribution in [2.24, 2.45) is 0 Å². The van der Waals surface area contributed by atoms with Crippen molar-refractivity contribution >= 4 is 11.6 Å². The summed E-state index contributed by atoms with van der Waals surface area (Å²) >= 11 is 7.08. The molecule has 0 aliphatic carbocycles. The van der Waals surface area contributed by atoms with E-state index in [4.69, 9.17) is 44.8 Å². The molecule has 6 atom stereocenters. The van der Waals surface area contributed by atoms with Crippen LogP contribution >= 0.6 is 11.6 Å². The zero-order valence-electron chi connectivity index (χ0n) is 33.6. The summed E-state index contributed by atoms with van der Waals surface area (Å²) in [7, 11) is 1.63. The number of halogens is 1. The van der Waals surface area contributed by atoms with Gasteiger partial charge in [0.1, 0.15) is 30.2 Å². The first-order valence-corrected chi connectivity index (χ1v) is 20.8. The fraction of sp³-hybridized carbons (Fsp3) is 0.294. The molecule has 2 aliphatic rings. The second-order valence-corrected chi connectivity index (χ2v) is 15.6. The SMILES string of the molecule is CCc1ccc(Cc2cc3c(cc2Cl)O[C@@H](OC)[C@]32O[C@H](COCc3ccccc3)[C@@H](OCc3ccccc3)[C@H](OCc3ccccc3)[C@H]2OCc2ccccc2)cc1. The Morgan fingerprint density at radius 1 is 0.576 bits per heavy atom. The molecular weight excluding hydrogens is 760 g/mol. The Morgan fingerprint density at radius 2 is 1.08 bits per heavy atom. The third-order valence-corrected chi connectivity index (χ3v) is 11.5. The minimum Gasteiger partial charge on any atom is -0.461 e. The highest BCUT2D eigenvalue weighted by atomic mass is 35.5. The van der Waals surface area contributed by atoms with Gasteiger partial charge in [0.15, 0.2) is 5.60 Å². The number of fused-ring (bicyclic) bond motifs is 2. The van der Waals surface area contributed by atoms with Gasteiger partial charge in [-0.05, 0) is 63.9 Å². The monoisotopic (exact) mass is 810 g/mol. The van der Waals surface area contributed by atoms with Crippen LogP contribution < -0.4 is 4.74 Å². The lowest BCUT2D eigenvalue weighted by molar-refractivity contribution is -0.348. The third-order valence-electron chi connectivity index (χ3n) is 11.2. The molecule has 0 aromatic heterocycles. The topological polar surface area (TPSA) is 64.6 Å². The lowest BCUT2D eigenvalue weighted by atomic mass is 9.78. The first-order valence-electron chi connectivity index (χ1n) is 20.4. The van der Waals surface area contributed by atoms with Crippen LogP contribution in [0.3, 0.4) is 0 Å². The van der Waals surface area contributed by atoms with Crippen LogP contribution in [0.2, 0.25) is 5.02 Å². The number of rotatable bonds is 17. The van der Waals surface area contributed by atoms with Crippen LogP contribution in [-0.4, -0.2) is 44.4 Å². The van der Waals surface area contributed by atoms with Gasteiger partial charge < -0.3 is 33.2 Å². The number of methoxy groups -OCH3 is 1. The molecule has 304 valence electrons. The minimum absolute atomic E-state index is 0.197. The normalized spacial score (nSPS) is 22.3. The van der Waals surface area contributed by atoms with E-state index in [-0.39, 0.29) is 13.2 Å². The number of hydrogen-bond acceptors (Lipinski definition) is 7. The molecule has 0 unspecified atom stereocenters. The summed E-state index contributed by atoms with van der Waals surface area (Å²) in [6.07, 6.45) is -2.10. The van der Waals surface area contributed by atoms with Crippen molar-refractivity contribution in [1.82, 2.24) is 0 Å². The molecule has 1 fully saturated rings. The average molecular weight is 811 g/mol. The maximum absolute atomic E-state index is 7.51. The van der Waals surface area contributed by atoms with E-state index in [1.807, 2.05) is 91.0 Å². The van der Waals surface area contributed by atoms with Gasteiger partial charge >= 0.3 is 0 Å². The molecule has 1 spiro atoms. The summed E-state index contributed by atoms with van der Waals surface area (Å²) in [5.41, 5.74) is 6.89. The highest BCUT2D eigenvalue weighted by molar-refractivity contribution is 6.31. The van der Waals surface area contributed by atoms with E-state index in [2.05, 4.69) is 73.7 Å². The molecule has 1 saturated heterocycles. The lowest BCUT2D eigenvalue weighted by Crippen LogP contribution is -2.68. The summed E-state index contributed by atoms with van der Waals surface area (Å²) in [5.74, 6) is 0.564. The molecule has 8 rings (SSSR count). The molecule has 6 aromatic carbocycles. The molecule has 2 aliphatic heterocycles. The lowest BCUT2D eigenvalue weighted by Gasteiger charge is -2.52. The second-order valence-electron chi connectivity index (χ2n) is 15.2. The molecular formula is C51H51ClO7. The summed E-state index contributed by atoms with van der Waals surface area (Å²) < 4.78 is 48.2. The van der Waals surface area contributed by atoms with Crippen LogP contribution in [-0.2, 0) is 73.3 Å². The molecule has 59 heavy (non-hydrogen) atoms. The van der Waals surface area contributed by atoms with Crippen LogP contribution in [0, 0.1) is 0 Å². The fourth-order valence-electron chi connectivity index (χ4n) is 8.12. The van der Waals surface area contributed by atoms with Crippen molar-refractivity contribution in [3.05, 3.63) is 207 Å². The van der Waals surface area contributed by atoms with Gasteiger partial charge in [-0.1, -0.05) is 164 Å². The van der Waals surface area contributed by atoms with E-state index in [0.717, 1.165) is 45.4 Å². The Morgan fingerprint density at radius 3 is 1.63 bits per heavy atom. The molecule has 0 N–H and O–H groups in total. The number of hydrogen-bond donors (Lipinski definition) is 0. The highest BCUT2D eigenvalue weighted by Gasteiger charge is 2.66. The third kappa shape index (κ3) is 9.48. The molecule has 0 amide bonds. The predicted octanol–water partition coefficient (Wildman–Crippen LogP) is 10.4. The van der Waals surface area contributed by atoms with Crippen molar-refractivity contribution in [2.75, 3.05) is 13.7 Å². The number of ether oxygens (including phenoxy) is 7. The smallest absolute Gasteiger partial charge is 0.236 e. The van der Waals surface area contributed by atoms with Gasteiger partial charge in [0.2, 0.25) is 6.29 Å². The van der Waals surface area contributed by atoms with Crippen LogP contribution in [0.15, 0.2) is 158 Å². The highest BCUT2D eigenvalue weighted by Crippen LogP contribution is 2.54. The van der Waals surface area contributed by atoms with Gasteiger partial charge in [0.05, 0.1) is 33.0 Å². The van der Waals surface area contributed by atoms with Crippen molar-refractivity contribution < 1.29 is 33.2 Å². The van der Waals surface area contributed by atoms with Crippen LogP contribution in [0.1, 0.15) is 51.4 Å². The van der Waals surface area contributed by atoms with Gasteiger partial charge in [-0.2, -0.15) is 0 Å². The van der Waals surface area contributed by atoms with Crippen LogP contribution in [0.25, 0.3) is 0 Å². The van der Waals surface area contributed by atoms with Crippen molar-refractivity contribution in [2.45, 2.75) is 82.5 Å². The first kappa shape index (κ1) is 40.9. The molecule has 0 radical (unpaired) electrons. The fourth-order valence-corrected chi connectivity index (χ4v) is 8.34. The van der Waals surface area contributed by atoms with Crippen LogP contribution in [0.5, 0.6) is 5.75 Å². The molecule has 0 bridgehead atoms. The Kier molecular flexibility index (Phi) is 13.5. The van der Waals surface area contributed by atoms with Gasteiger partial charge in [0, 0.05) is 17.7 Å². The maximum Gasteiger partial charge on any atom is 0.236 e. The Bertz CT molecular complexity index is 2200. The van der Waals surface area contributed by atoms with E-state index in [0.29, 0.717) is 37.0 Å². The van der Waals surface area contributed by atoms with Crippen molar-refractivity contribution in [3.63, 3.8) is 0 Å². The predicted molar refractivity (Wildman–Crippen MR) is 229 cm³/mol. The zero-order chi connectivity index (χ0) is 40.4. The molecule has 2 heterocycles. The van der Waals surface area contributed by atoms with Crippen LogP contribution in [0.4, 0.5) is 0 Å². The second kappa shape index (κ2) is 19.5. The molecule has 0 saturated carbocycles. The zero-order valence-corrected chi connectivity index (χ0v) is 34.3. The standard InChI is InChI=1S/C51H51ClO7/c1-3-36-24-26-37(27-25-36)28-42-29-43-45(30-44(42)52)58-50(53-2)51(43)49(57-34-41-22-14-7-15-23-41)48(56-33-40-20-12-6-13-21-40)47(55-32-39-18-10-5-11-19-39)46(59-51)35-54-31-38-16-8-4-9-17-38/h4-27,29-30,46-50H,3,28,31-35H2,1-2H3/t46-,47-,48+,49-,50-,51+/m1/s1. The van der Waals surface area contributed by atoms with Gasteiger partial charge in [-0.3, -0.25) is 0 Å². The van der Waals surface area contributed by atoms with Gasteiger partial charge in [0.25, 0.3) is 0 Å². The summed E-state index contributed by atoms with van der Waals surface area (Å²) in [5, 5.41) is 0.594. The summed E-state index contributed by atoms with van der Waals surface area (Å²) in [4.78, 5) is 0. The first-order chi connectivity index (χ1) is 29.0. The van der Waals surface area contributed by atoms with Gasteiger partial charge in [-0.25, -0.2) is 0 Å². The van der Waals surface area contributed by atoms with Gasteiger partial charge in [-0.15, -0.1) is 0 Å². The summed E-state index contributed by atoms with van der Waals surface area (Å²) in [6, 6.07) is 53.2. The number of benzene rings is 6. The molecule has 6 aromatic rings. The van der Waals surface area contributed by atoms with Crippen molar-refractivity contribution in [3.8, 4) is 5.75 Å². The quantitative estimate of drug-likeness (QED) is 0.0909. The Labute approximate surface area is 352 Å². The Hall–Kier alpha value is -4.83. The van der Waals surface area contributed by atoms with Crippen molar-refractivity contribution in [1.29, 1.82) is 0 Å². The minimum atomic E-state index is -1.33. The largest absolute Gasteiger partial charge is 0.461 e. The molecule has 8 heteroatoms. The van der Waals surface area contributed by atoms with E-state index < -0.39 is 36.3 Å². The van der Waals surface area contributed by atoms with E-state index in [1.54, 1.807) is 7.11 Å².